The van der Waals surface area contributed by atoms with E-state index in [2.05, 4.69) is 17.3 Å². The van der Waals surface area contributed by atoms with Crippen LogP contribution in [0, 0.1) is 5.92 Å². The first-order valence-electron chi connectivity index (χ1n) is 9.72. The van der Waals surface area contributed by atoms with Crippen molar-refractivity contribution in [1.29, 1.82) is 0 Å². The average molecular weight is 400 g/mol. The van der Waals surface area contributed by atoms with Gasteiger partial charge >= 0.3 is 6.18 Å². The highest BCUT2D eigenvalue weighted by atomic mass is 19.4. The molecule has 0 unspecified atom stereocenters. The number of aromatic hydroxyl groups is 1. The largest absolute Gasteiger partial charge is 0.508 e. The highest BCUT2D eigenvalue weighted by molar-refractivity contribution is 5.79. The molecule has 1 saturated heterocycles. The number of phenols is 1. The van der Waals surface area contributed by atoms with Crippen molar-refractivity contribution >= 4 is 5.91 Å². The van der Waals surface area contributed by atoms with E-state index in [4.69, 9.17) is 4.74 Å². The molecule has 3 rings (SSSR count). The zero-order chi connectivity index (χ0) is 20.3. The first-order chi connectivity index (χ1) is 13.3. The summed E-state index contributed by atoms with van der Waals surface area (Å²) < 4.78 is 43.9. The molecule has 1 aliphatic heterocycles. The maximum Gasteiger partial charge on any atom is 0.416 e. The summed E-state index contributed by atoms with van der Waals surface area (Å²) in [6.45, 7) is 1.42. The number of hydrogen-bond donors (Lipinski definition) is 2. The molecule has 0 bridgehead atoms. The van der Waals surface area contributed by atoms with Crippen molar-refractivity contribution < 1.29 is 27.8 Å². The van der Waals surface area contributed by atoms with Crippen LogP contribution < -0.4 is 5.32 Å². The molecule has 0 spiro atoms. The molecule has 1 aliphatic carbocycles. The number of carbonyl (C=O) groups excluding carboxylic acids is 1. The number of hydrogen-bond acceptors (Lipinski definition) is 4. The first kappa shape index (κ1) is 20.9. The third-order valence-corrected chi connectivity index (χ3v) is 5.98. The Morgan fingerprint density at radius 2 is 1.93 bits per heavy atom. The highest BCUT2D eigenvalue weighted by Gasteiger charge is 2.35. The summed E-state index contributed by atoms with van der Waals surface area (Å²) in [5.41, 5.74) is -0.773. The number of ether oxygens (including phenoxy) is 1. The number of amides is 1. The molecule has 2 fully saturated rings. The van der Waals surface area contributed by atoms with E-state index in [9.17, 15) is 23.1 Å². The third kappa shape index (κ3) is 4.97. The maximum absolute atomic E-state index is 12.8. The van der Waals surface area contributed by atoms with Gasteiger partial charge in [0.15, 0.2) is 0 Å². The van der Waals surface area contributed by atoms with Gasteiger partial charge in [0.25, 0.3) is 0 Å². The fraction of sp³-hybridized carbons (Fsp3) is 0.650. The highest BCUT2D eigenvalue weighted by Crippen LogP contribution is 2.33. The molecule has 28 heavy (non-hydrogen) atoms. The van der Waals surface area contributed by atoms with Crippen LogP contribution >= 0.6 is 0 Å². The van der Waals surface area contributed by atoms with Gasteiger partial charge in [-0.2, -0.15) is 13.2 Å². The van der Waals surface area contributed by atoms with Crippen molar-refractivity contribution in [3.05, 3.63) is 29.3 Å². The van der Waals surface area contributed by atoms with Gasteiger partial charge in [0, 0.05) is 43.3 Å². The van der Waals surface area contributed by atoms with Gasteiger partial charge in [-0.15, -0.1) is 0 Å². The number of alkyl halides is 3. The monoisotopic (exact) mass is 400 g/mol. The molecule has 5 nitrogen and oxygen atoms in total. The normalized spacial score (nSPS) is 23.9. The summed E-state index contributed by atoms with van der Waals surface area (Å²) in [5, 5.41) is 12.5. The van der Waals surface area contributed by atoms with Crippen molar-refractivity contribution in [3.63, 3.8) is 0 Å². The van der Waals surface area contributed by atoms with Crippen LogP contribution in [0.25, 0.3) is 0 Å². The molecular weight excluding hydrogens is 373 g/mol. The zero-order valence-electron chi connectivity index (χ0n) is 16.0. The molecule has 0 radical (unpaired) electrons. The van der Waals surface area contributed by atoms with Gasteiger partial charge in [-0.05, 0) is 57.4 Å². The first-order valence-corrected chi connectivity index (χ1v) is 9.72. The quantitative estimate of drug-likeness (QED) is 0.796. The van der Waals surface area contributed by atoms with Crippen molar-refractivity contribution in [2.45, 2.75) is 56.9 Å². The summed E-state index contributed by atoms with van der Waals surface area (Å²) >= 11 is 0. The molecule has 1 aromatic rings. The van der Waals surface area contributed by atoms with Crippen molar-refractivity contribution in [2.24, 2.45) is 5.92 Å². The molecule has 1 aromatic carbocycles. The smallest absolute Gasteiger partial charge is 0.416 e. The van der Waals surface area contributed by atoms with Crippen molar-refractivity contribution in [1.82, 2.24) is 10.2 Å². The fourth-order valence-electron chi connectivity index (χ4n) is 4.19. The van der Waals surface area contributed by atoms with Crippen LogP contribution in [0.2, 0.25) is 0 Å². The SMILES string of the molecule is CN(C1CCOCC1)[C@@H]1CC[C@H](C(=O)NCc2cc(C(F)(F)F)ccc2O)C1. The Morgan fingerprint density at radius 1 is 1.21 bits per heavy atom. The molecule has 2 atom stereocenters. The molecule has 8 heteroatoms. The van der Waals surface area contributed by atoms with Gasteiger partial charge in [0.1, 0.15) is 5.75 Å². The van der Waals surface area contributed by atoms with E-state index >= 15 is 0 Å². The lowest BCUT2D eigenvalue weighted by atomic mass is 10.0. The number of carbonyl (C=O) groups is 1. The minimum Gasteiger partial charge on any atom is -0.508 e. The van der Waals surface area contributed by atoms with E-state index in [1.54, 1.807) is 0 Å². The molecule has 2 N–H and O–H groups in total. The Morgan fingerprint density at radius 3 is 2.61 bits per heavy atom. The Kier molecular flexibility index (Phi) is 6.50. The minimum atomic E-state index is -4.49. The van der Waals surface area contributed by atoms with Crippen LogP contribution in [0.4, 0.5) is 13.2 Å². The minimum absolute atomic E-state index is 0.0667. The lowest BCUT2D eigenvalue weighted by molar-refractivity contribution is -0.137. The van der Waals surface area contributed by atoms with Crippen LogP contribution in [-0.4, -0.2) is 48.3 Å². The Hall–Kier alpha value is -1.80. The van der Waals surface area contributed by atoms with Crippen LogP contribution in [0.1, 0.15) is 43.2 Å². The van der Waals surface area contributed by atoms with E-state index in [0.29, 0.717) is 12.1 Å². The van der Waals surface area contributed by atoms with Gasteiger partial charge in [0.05, 0.1) is 5.56 Å². The summed E-state index contributed by atoms with van der Waals surface area (Å²) in [7, 11) is 2.10. The second kappa shape index (κ2) is 8.69. The number of nitrogens with zero attached hydrogens (tertiary/aromatic N) is 1. The van der Waals surface area contributed by atoms with Gasteiger partial charge in [-0.25, -0.2) is 0 Å². The van der Waals surface area contributed by atoms with E-state index in [0.717, 1.165) is 63.5 Å². The number of phenolic OH excluding ortho intramolecular Hbond substituents is 1. The molecule has 0 aromatic heterocycles. The van der Waals surface area contributed by atoms with Crippen LogP contribution in [-0.2, 0) is 22.3 Å². The van der Waals surface area contributed by atoms with Gasteiger partial charge < -0.3 is 20.1 Å². The Balaban J connectivity index is 1.53. The second-order valence-electron chi connectivity index (χ2n) is 7.73. The Bertz CT molecular complexity index is 690. The van der Waals surface area contributed by atoms with Crippen LogP contribution in [0.5, 0.6) is 5.75 Å². The molecule has 1 heterocycles. The lowest BCUT2D eigenvalue weighted by Crippen LogP contribution is -2.42. The topological polar surface area (TPSA) is 61.8 Å². The number of halogens is 3. The lowest BCUT2D eigenvalue weighted by Gasteiger charge is -2.35. The van der Waals surface area contributed by atoms with Crippen molar-refractivity contribution in [3.8, 4) is 5.75 Å². The van der Waals surface area contributed by atoms with Gasteiger partial charge in [-0.3, -0.25) is 4.79 Å². The molecule has 1 saturated carbocycles. The van der Waals surface area contributed by atoms with E-state index in [1.165, 1.54) is 0 Å². The predicted molar refractivity (Wildman–Crippen MR) is 97.7 cm³/mol. The number of benzene rings is 1. The molecule has 2 aliphatic rings. The van der Waals surface area contributed by atoms with Gasteiger partial charge in [0.2, 0.25) is 5.91 Å². The van der Waals surface area contributed by atoms with Crippen molar-refractivity contribution in [2.75, 3.05) is 20.3 Å². The van der Waals surface area contributed by atoms with E-state index in [-0.39, 0.29) is 29.7 Å². The van der Waals surface area contributed by atoms with Crippen LogP contribution in [0.15, 0.2) is 18.2 Å². The summed E-state index contributed by atoms with van der Waals surface area (Å²) in [4.78, 5) is 14.9. The summed E-state index contributed by atoms with van der Waals surface area (Å²) in [6, 6.07) is 3.53. The van der Waals surface area contributed by atoms with E-state index < -0.39 is 11.7 Å². The summed E-state index contributed by atoms with van der Waals surface area (Å²) in [6.07, 6.45) is -0.0507. The molecule has 156 valence electrons. The average Bonchev–Trinajstić information content (AvgIpc) is 3.16. The molecule has 1 amide bonds. The van der Waals surface area contributed by atoms with E-state index in [1.807, 2.05) is 0 Å². The molecular formula is C20H27F3N2O3. The number of rotatable bonds is 5. The standard InChI is InChI=1S/C20H27F3N2O3/c1-25(16-6-8-28-9-7-16)17-4-2-13(11-17)19(27)24-12-14-10-15(20(21,22)23)3-5-18(14)26/h3,5,10,13,16-17,26H,2,4,6-9,11-12H2,1H3,(H,24,27)/t13-,17+/m0/s1. The Labute approximate surface area is 162 Å². The van der Waals surface area contributed by atoms with Crippen LogP contribution in [0.3, 0.4) is 0 Å². The fourth-order valence-corrected chi connectivity index (χ4v) is 4.19. The number of nitrogens with one attached hydrogen (secondary N) is 1. The zero-order valence-corrected chi connectivity index (χ0v) is 16.0. The maximum atomic E-state index is 12.8. The third-order valence-electron chi connectivity index (χ3n) is 5.98. The second-order valence-corrected chi connectivity index (χ2v) is 7.73. The van der Waals surface area contributed by atoms with Gasteiger partial charge in [-0.1, -0.05) is 0 Å². The predicted octanol–water partition coefficient (Wildman–Crippen LogP) is 3.31. The summed E-state index contributed by atoms with van der Waals surface area (Å²) in [5.74, 6) is -0.572.